The monoisotopic (exact) mass is 367 g/mol. The van der Waals surface area contributed by atoms with E-state index in [0.29, 0.717) is 0 Å². The van der Waals surface area contributed by atoms with E-state index in [9.17, 15) is 19.6 Å². The van der Waals surface area contributed by atoms with E-state index in [4.69, 9.17) is 23.2 Å². The van der Waals surface area contributed by atoms with Gasteiger partial charge in [0.25, 0.3) is 11.8 Å². The van der Waals surface area contributed by atoms with Gasteiger partial charge in [0, 0.05) is 0 Å². The molecule has 1 aromatic rings. The van der Waals surface area contributed by atoms with Crippen molar-refractivity contribution >= 4 is 40.9 Å². The van der Waals surface area contributed by atoms with Crippen LogP contribution in [-0.4, -0.2) is 34.7 Å². The molecule has 0 saturated carbocycles. The molecule has 1 aliphatic heterocycles. The predicted molar refractivity (Wildman–Crippen MR) is 88.8 cm³/mol. The Balaban J connectivity index is 2.21. The highest BCUT2D eigenvalue weighted by Crippen LogP contribution is 2.31. The van der Waals surface area contributed by atoms with Crippen LogP contribution in [0.15, 0.2) is 12.1 Å². The molecule has 1 aliphatic rings. The van der Waals surface area contributed by atoms with Crippen LogP contribution in [-0.2, 0) is 4.79 Å². The highest BCUT2D eigenvalue weighted by Gasteiger charge is 2.39. The van der Waals surface area contributed by atoms with Crippen molar-refractivity contribution in [3.8, 4) is 6.07 Å². The first-order chi connectivity index (χ1) is 11.1. The lowest BCUT2D eigenvalue weighted by Crippen LogP contribution is -2.52. The first kappa shape index (κ1) is 18.2. The van der Waals surface area contributed by atoms with Crippen molar-refractivity contribution in [1.82, 2.24) is 10.2 Å². The zero-order valence-electron chi connectivity index (χ0n) is 13.3. The van der Waals surface area contributed by atoms with Gasteiger partial charge in [-0.15, -0.1) is 0 Å². The molecule has 1 aromatic carbocycles. The van der Waals surface area contributed by atoms with Gasteiger partial charge in [-0.2, -0.15) is 5.26 Å². The molecule has 24 heavy (non-hydrogen) atoms. The second-order valence-electron chi connectivity index (χ2n) is 6.03. The van der Waals surface area contributed by atoms with E-state index in [2.05, 4.69) is 5.32 Å². The zero-order chi connectivity index (χ0) is 18.2. The number of carbonyl (C=O) groups excluding carboxylic acids is 3. The summed E-state index contributed by atoms with van der Waals surface area (Å²) < 4.78 is 0. The molecule has 1 heterocycles. The number of imide groups is 1. The fourth-order valence-electron chi connectivity index (χ4n) is 2.20. The van der Waals surface area contributed by atoms with Crippen molar-refractivity contribution in [3.05, 3.63) is 33.3 Å². The number of nitrogens with one attached hydrogen (secondary N) is 1. The van der Waals surface area contributed by atoms with Crippen molar-refractivity contribution in [2.75, 3.05) is 6.54 Å². The van der Waals surface area contributed by atoms with Gasteiger partial charge in [0.15, 0.2) is 0 Å². The SMILES string of the molecule is CC(C)[C@](C)(C#N)NC(=O)CN1C(=O)c2cc(Cl)c(Cl)cc2C1=O. The first-order valence-electron chi connectivity index (χ1n) is 7.18. The molecule has 0 aliphatic carbocycles. The molecule has 0 fully saturated rings. The van der Waals surface area contributed by atoms with Crippen LogP contribution in [0.2, 0.25) is 10.0 Å². The van der Waals surface area contributed by atoms with Crippen LogP contribution in [0.3, 0.4) is 0 Å². The van der Waals surface area contributed by atoms with Crippen LogP contribution in [0.1, 0.15) is 41.5 Å². The van der Waals surface area contributed by atoms with E-state index in [1.807, 2.05) is 6.07 Å². The molecule has 0 unspecified atom stereocenters. The van der Waals surface area contributed by atoms with Crippen LogP contribution < -0.4 is 5.32 Å². The standard InChI is InChI=1S/C16H15Cl2N3O3/c1-8(2)16(3,7-19)20-13(22)6-21-14(23)9-4-11(17)12(18)5-10(9)15(21)24/h4-5,8H,6H2,1-3H3,(H,20,22)/t16-/m0/s1. The molecule has 0 bridgehead atoms. The van der Waals surface area contributed by atoms with E-state index in [0.717, 1.165) is 4.90 Å². The Hall–Kier alpha value is -2.10. The highest BCUT2D eigenvalue weighted by molar-refractivity contribution is 6.43. The second-order valence-corrected chi connectivity index (χ2v) is 6.84. The quantitative estimate of drug-likeness (QED) is 0.828. The Bertz CT molecular complexity index is 745. The number of halogens is 2. The predicted octanol–water partition coefficient (Wildman–Crippen LogP) is 2.64. The molecule has 3 amide bonds. The summed E-state index contributed by atoms with van der Waals surface area (Å²) in [6.07, 6.45) is 0. The molecule has 0 saturated heterocycles. The largest absolute Gasteiger partial charge is 0.336 e. The molecule has 0 radical (unpaired) electrons. The molecule has 1 N–H and O–H groups in total. The van der Waals surface area contributed by atoms with Crippen molar-refractivity contribution in [1.29, 1.82) is 5.26 Å². The molecule has 0 spiro atoms. The van der Waals surface area contributed by atoms with E-state index < -0.39 is 29.8 Å². The van der Waals surface area contributed by atoms with Crippen molar-refractivity contribution in [3.63, 3.8) is 0 Å². The van der Waals surface area contributed by atoms with Crippen molar-refractivity contribution in [2.45, 2.75) is 26.3 Å². The molecule has 126 valence electrons. The fourth-order valence-corrected chi connectivity index (χ4v) is 2.53. The minimum atomic E-state index is -1.09. The maximum atomic E-state index is 12.3. The Kier molecular flexibility index (Phi) is 4.88. The van der Waals surface area contributed by atoms with Gasteiger partial charge < -0.3 is 5.32 Å². The number of nitrogens with zero attached hydrogens (tertiary/aromatic N) is 2. The summed E-state index contributed by atoms with van der Waals surface area (Å²) in [7, 11) is 0. The number of nitriles is 1. The molecule has 2 rings (SSSR count). The summed E-state index contributed by atoms with van der Waals surface area (Å²) in [6, 6.07) is 4.65. The molecule has 6 nitrogen and oxygen atoms in total. The van der Waals surface area contributed by atoms with Crippen molar-refractivity contribution in [2.24, 2.45) is 5.92 Å². The van der Waals surface area contributed by atoms with Gasteiger partial charge in [-0.05, 0) is 25.0 Å². The van der Waals surface area contributed by atoms with Crippen LogP contribution in [0, 0.1) is 17.2 Å². The second kappa shape index (κ2) is 6.42. The number of hydrogen-bond acceptors (Lipinski definition) is 4. The highest BCUT2D eigenvalue weighted by atomic mass is 35.5. The van der Waals surface area contributed by atoms with E-state index in [1.165, 1.54) is 12.1 Å². The maximum absolute atomic E-state index is 12.3. The number of hydrogen-bond donors (Lipinski definition) is 1. The summed E-state index contributed by atoms with van der Waals surface area (Å²) in [6.45, 7) is 4.67. The Morgan fingerprint density at radius 3 is 2.08 bits per heavy atom. The van der Waals surface area contributed by atoms with Gasteiger partial charge >= 0.3 is 0 Å². The smallest absolute Gasteiger partial charge is 0.262 e. The van der Waals surface area contributed by atoms with E-state index in [-0.39, 0.29) is 27.1 Å². The van der Waals surface area contributed by atoms with Gasteiger partial charge in [-0.3, -0.25) is 19.3 Å². The van der Waals surface area contributed by atoms with Crippen LogP contribution >= 0.6 is 23.2 Å². The maximum Gasteiger partial charge on any atom is 0.262 e. The lowest BCUT2D eigenvalue weighted by Gasteiger charge is -2.28. The van der Waals surface area contributed by atoms with E-state index >= 15 is 0 Å². The van der Waals surface area contributed by atoms with Crippen LogP contribution in [0.5, 0.6) is 0 Å². The normalized spacial score (nSPS) is 16.0. The van der Waals surface area contributed by atoms with Gasteiger partial charge in [0.1, 0.15) is 12.1 Å². The summed E-state index contributed by atoms with van der Waals surface area (Å²) in [5.74, 6) is -1.98. The molecule has 0 aromatic heterocycles. The topological polar surface area (TPSA) is 90.3 Å². The van der Waals surface area contributed by atoms with Gasteiger partial charge in [0.05, 0.1) is 27.2 Å². The number of carbonyl (C=O) groups is 3. The van der Waals surface area contributed by atoms with Crippen LogP contribution in [0.25, 0.3) is 0 Å². The third kappa shape index (κ3) is 3.10. The Morgan fingerprint density at radius 2 is 1.71 bits per heavy atom. The summed E-state index contributed by atoms with van der Waals surface area (Å²) in [5.41, 5.74) is -0.884. The van der Waals surface area contributed by atoms with Gasteiger partial charge in [-0.25, -0.2) is 0 Å². The minimum absolute atomic E-state index is 0.106. The molecular formula is C16H15Cl2N3O3. The number of rotatable bonds is 4. The lowest BCUT2D eigenvalue weighted by atomic mass is 9.90. The van der Waals surface area contributed by atoms with Gasteiger partial charge in [-0.1, -0.05) is 37.0 Å². The fraction of sp³-hybridized carbons (Fsp3) is 0.375. The average molecular weight is 368 g/mol. The Labute approximate surface area is 149 Å². The number of amides is 3. The third-order valence-electron chi connectivity index (χ3n) is 4.10. The molecule has 1 atom stereocenters. The molecular weight excluding hydrogens is 353 g/mol. The summed E-state index contributed by atoms with van der Waals surface area (Å²) >= 11 is 11.7. The lowest BCUT2D eigenvalue weighted by molar-refractivity contribution is -0.123. The van der Waals surface area contributed by atoms with Crippen molar-refractivity contribution < 1.29 is 14.4 Å². The van der Waals surface area contributed by atoms with Gasteiger partial charge in [0.2, 0.25) is 5.91 Å². The number of fused-ring (bicyclic) bond motifs is 1. The average Bonchev–Trinajstić information content (AvgIpc) is 2.72. The zero-order valence-corrected chi connectivity index (χ0v) is 14.8. The molecule has 8 heteroatoms. The summed E-state index contributed by atoms with van der Waals surface area (Å²) in [4.78, 5) is 37.7. The summed E-state index contributed by atoms with van der Waals surface area (Å²) in [5, 5.41) is 12.1. The van der Waals surface area contributed by atoms with Crippen LogP contribution in [0.4, 0.5) is 0 Å². The minimum Gasteiger partial charge on any atom is -0.336 e. The Morgan fingerprint density at radius 1 is 1.25 bits per heavy atom. The van der Waals surface area contributed by atoms with E-state index in [1.54, 1.807) is 20.8 Å². The first-order valence-corrected chi connectivity index (χ1v) is 7.93. The third-order valence-corrected chi connectivity index (χ3v) is 4.82. The number of benzene rings is 1.